The van der Waals surface area contributed by atoms with E-state index < -0.39 is 11.6 Å². The van der Waals surface area contributed by atoms with Crippen molar-refractivity contribution in [3.8, 4) is 0 Å². The quantitative estimate of drug-likeness (QED) is 0.527. The lowest BCUT2D eigenvalue weighted by molar-refractivity contribution is -0.199. The van der Waals surface area contributed by atoms with Crippen LogP contribution in [0.5, 0.6) is 0 Å². The van der Waals surface area contributed by atoms with Gasteiger partial charge in [0.25, 0.3) is 0 Å². The molecule has 0 bridgehead atoms. The van der Waals surface area contributed by atoms with Crippen LogP contribution in [-0.2, 0) is 0 Å². The minimum atomic E-state index is -4.31. The second kappa shape index (κ2) is 5.27. The summed E-state index contributed by atoms with van der Waals surface area (Å²) in [5.41, 5.74) is -1.49. The average molecular weight is 279 g/mol. The summed E-state index contributed by atoms with van der Waals surface area (Å²) < 4.78 is 38.2. The number of thioether (sulfide) groups is 1. The summed E-state index contributed by atoms with van der Waals surface area (Å²) in [5, 5.41) is 21.9. The van der Waals surface area contributed by atoms with E-state index in [0.29, 0.717) is 5.57 Å². The van der Waals surface area contributed by atoms with Gasteiger partial charge < -0.3 is 5.11 Å². The number of halogens is 3. The van der Waals surface area contributed by atoms with Crippen LogP contribution in [0.2, 0.25) is 0 Å². The van der Waals surface area contributed by atoms with Gasteiger partial charge in [-0.2, -0.15) is 13.2 Å². The molecule has 0 aliphatic heterocycles. The third kappa shape index (κ3) is 3.23. The fraction of sp³-hybridized carbons (Fsp3) is 0.455. The molecule has 1 atom stereocenters. The van der Waals surface area contributed by atoms with Crippen LogP contribution in [-0.4, -0.2) is 28.0 Å². The van der Waals surface area contributed by atoms with Gasteiger partial charge in [-0.15, -0.1) is 0 Å². The molecular weight excluding hydrogens is 265 g/mol. The summed E-state index contributed by atoms with van der Waals surface area (Å²) in [4.78, 5) is 0. The van der Waals surface area contributed by atoms with Crippen molar-refractivity contribution in [3.63, 3.8) is 0 Å². The maximum Gasteiger partial charge on any atom is 0.397 e. The molecule has 0 fully saturated rings. The Kier molecular flexibility index (Phi) is 4.39. The van der Waals surface area contributed by atoms with E-state index in [4.69, 9.17) is 15.9 Å². The van der Waals surface area contributed by atoms with Gasteiger partial charge in [-0.3, -0.25) is 10.8 Å². The number of alkyl halides is 3. The molecule has 7 heteroatoms. The molecule has 1 aliphatic rings. The normalized spacial score (nSPS) is 23.7. The van der Waals surface area contributed by atoms with Crippen LogP contribution < -0.4 is 5.41 Å². The van der Waals surface area contributed by atoms with Gasteiger partial charge in [0.05, 0.1) is 5.41 Å². The van der Waals surface area contributed by atoms with Crippen LogP contribution >= 0.6 is 11.8 Å². The lowest BCUT2D eigenvalue weighted by Gasteiger charge is -2.30. The molecule has 1 aliphatic carbocycles. The third-order valence-corrected chi connectivity index (χ3v) is 3.51. The summed E-state index contributed by atoms with van der Waals surface area (Å²) in [5.74, 6) is 0. The SMILES string of the molecule is CC1(C(F)(F)F)C=CC(C(=N)SC(=[NH2+])CO)=CC1. The van der Waals surface area contributed by atoms with Gasteiger partial charge >= 0.3 is 6.18 Å². The van der Waals surface area contributed by atoms with Crippen LogP contribution in [0.25, 0.3) is 0 Å². The lowest BCUT2D eigenvalue weighted by atomic mass is 9.81. The van der Waals surface area contributed by atoms with E-state index in [1.54, 1.807) is 0 Å². The minimum Gasteiger partial charge on any atom is -0.385 e. The van der Waals surface area contributed by atoms with Crippen LogP contribution in [0.3, 0.4) is 0 Å². The first-order chi connectivity index (χ1) is 8.19. The van der Waals surface area contributed by atoms with Gasteiger partial charge in [-0.1, -0.05) is 18.2 Å². The molecule has 0 heterocycles. The molecule has 0 amide bonds. The van der Waals surface area contributed by atoms with Gasteiger partial charge in [-0.05, 0) is 25.1 Å². The number of rotatable bonds is 2. The Balaban J connectivity index is 2.75. The van der Waals surface area contributed by atoms with Crippen LogP contribution in [0, 0.1) is 10.8 Å². The Labute approximate surface area is 107 Å². The van der Waals surface area contributed by atoms with Crippen molar-refractivity contribution in [2.45, 2.75) is 19.5 Å². The number of hydrogen-bond acceptors (Lipinski definition) is 3. The zero-order valence-electron chi connectivity index (χ0n) is 9.71. The Hall–Kier alpha value is -1.08. The maximum atomic E-state index is 12.7. The fourth-order valence-electron chi connectivity index (χ4n) is 1.33. The summed E-state index contributed by atoms with van der Waals surface area (Å²) in [6, 6.07) is 0. The van der Waals surface area contributed by atoms with E-state index in [2.05, 4.69) is 0 Å². The van der Waals surface area contributed by atoms with Crippen molar-refractivity contribution >= 4 is 21.8 Å². The molecule has 18 heavy (non-hydrogen) atoms. The van der Waals surface area contributed by atoms with Crippen molar-refractivity contribution < 1.29 is 23.7 Å². The van der Waals surface area contributed by atoms with Gasteiger partial charge in [0.2, 0.25) is 5.04 Å². The summed E-state index contributed by atoms with van der Waals surface area (Å²) in [6.07, 6.45) is -0.807. The van der Waals surface area contributed by atoms with E-state index >= 15 is 0 Å². The second-order valence-electron chi connectivity index (χ2n) is 4.17. The monoisotopic (exact) mass is 279 g/mol. The Morgan fingerprint density at radius 1 is 1.61 bits per heavy atom. The number of hydrogen-bond donors (Lipinski definition) is 3. The maximum absolute atomic E-state index is 12.7. The highest BCUT2D eigenvalue weighted by Gasteiger charge is 2.49. The number of aliphatic hydroxyl groups is 1. The molecule has 0 saturated carbocycles. The first-order valence-corrected chi connectivity index (χ1v) is 5.96. The summed E-state index contributed by atoms with van der Waals surface area (Å²) in [6.45, 7) is 0.742. The highest BCUT2D eigenvalue weighted by Crippen LogP contribution is 2.44. The van der Waals surface area contributed by atoms with Crippen LogP contribution in [0.1, 0.15) is 13.3 Å². The summed E-state index contributed by atoms with van der Waals surface area (Å²) >= 11 is 0.841. The van der Waals surface area contributed by atoms with Gasteiger partial charge in [0.15, 0.2) is 0 Å². The Morgan fingerprint density at radius 2 is 2.22 bits per heavy atom. The topological polar surface area (TPSA) is 69.7 Å². The Bertz CT molecular complexity index is 428. The molecule has 0 aromatic carbocycles. The van der Waals surface area contributed by atoms with Crippen molar-refractivity contribution in [3.05, 3.63) is 23.8 Å². The zero-order chi connectivity index (χ0) is 14.0. The van der Waals surface area contributed by atoms with Crippen LogP contribution in [0.4, 0.5) is 13.2 Å². The molecular formula is C11H14F3N2OS+. The highest BCUT2D eigenvalue weighted by molar-refractivity contribution is 8.26. The van der Waals surface area contributed by atoms with Gasteiger partial charge in [-0.25, -0.2) is 0 Å². The third-order valence-electron chi connectivity index (χ3n) is 2.68. The number of allylic oxidation sites excluding steroid dienone is 3. The molecule has 0 radical (unpaired) electrons. The number of nitrogens with two attached hydrogens (primary N) is 1. The van der Waals surface area contributed by atoms with Crippen molar-refractivity contribution in [2.24, 2.45) is 5.41 Å². The van der Waals surface area contributed by atoms with Gasteiger partial charge in [0, 0.05) is 5.57 Å². The van der Waals surface area contributed by atoms with Crippen molar-refractivity contribution in [2.75, 3.05) is 6.61 Å². The molecule has 0 aromatic rings. The number of nitrogens with one attached hydrogen (secondary N) is 1. The summed E-state index contributed by atoms with van der Waals surface area (Å²) in [7, 11) is 0. The predicted octanol–water partition coefficient (Wildman–Crippen LogP) is 1.30. The predicted molar refractivity (Wildman–Crippen MR) is 65.3 cm³/mol. The smallest absolute Gasteiger partial charge is 0.385 e. The largest absolute Gasteiger partial charge is 0.397 e. The highest BCUT2D eigenvalue weighted by atomic mass is 32.2. The van der Waals surface area contributed by atoms with E-state index in [0.717, 1.165) is 24.8 Å². The molecule has 3 nitrogen and oxygen atoms in total. The van der Waals surface area contributed by atoms with Crippen molar-refractivity contribution in [1.29, 1.82) is 5.41 Å². The Morgan fingerprint density at radius 3 is 2.61 bits per heavy atom. The average Bonchev–Trinajstić information content (AvgIpc) is 2.28. The van der Waals surface area contributed by atoms with E-state index in [9.17, 15) is 13.2 Å². The first-order valence-electron chi connectivity index (χ1n) is 5.14. The molecule has 0 aromatic heterocycles. The van der Waals surface area contributed by atoms with Crippen molar-refractivity contribution in [1.82, 2.24) is 0 Å². The molecule has 1 rings (SSSR count). The molecule has 0 saturated heterocycles. The number of aliphatic hydroxyl groups excluding tert-OH is 1. The zero-order valence-corrected chi connectivity index (χ0v) is 10.5. The van der Waals surface area contributed by atoms with Gasteiger partial charge in [0.1, 0.15) is 11.7 Å². The molecule has 4 N–H and O–H groups in total. The lowest BCUT2D eigenvalue weighted by Crippen LogP contribution is -2.40. The van der Waals surface area contributed by atoms with E-state index in [1.165, 1.54) is 12.2 Å². The van der Waals surface area contributed by atoms with E-state index in [1.807, 2.05) is 0 Å². The standard InChI is InChI=1S/C11H13F3N2OS/c1-10(11(12,13)14)4-2-7(3-5-10)9(16)18-8(15)6-17/h2-4,15-17H,5-6H2,1H3/p+1. The van der Waals surface area contributed by atoms with E-state index in [-0.39, 0.29) is 23.1 Å². The second-order valence-corrected chi connectivity index (χ2v) is 5.30. The van der Waals surface area contributed by atoms with Crippen LogP contribution in [0.15, 0.2) is 23.8 Å². The fourth-order valence-corrected chi connectivity index (χ4v) is 1.93. The minimum absolute atomic E-state index is 0.0297. The molecule has 1 unspecified atom stereocenters. The molecule has 0 spiro atoms. The molecule has 100 valence electrons. The first kappa shape index (κ1) is 15.0.